The van der Waals surface area contributed by atoms with Crippen molar-refractivity contribution in [2.24, 2.45) is 0 Å². The molecule has 0 radical (unpaired) electrons. The molecule has 0 aliphatic carbocycles. The minimum Gasteiger partial charge on any atom is -0.339 e. The molecular weight excluding hydrogens is 300 g/mol. The van der Waals surface area contributed by atoms with Gasteiger partial charge in [0.25, 0.3) is 5.91 Å². The molecule has 6 nitrogen and oxygen atoms in total. The van der Waals surface area contributed by atoms with Crippen LogP contribution in [0, 0.1) is 6.92 Å². The molecule has 22 heavy (non-hydrogen) atoms. The van der Waals surface area contributed by atoms with Crippen LogP contribution >= 0.6 is 11.5 Å². The van der Waals surface area contributed by atoms with Crippen molar-refractivity contribution in [3.8, 4) is 0 Å². The fourth-order valence-corrected chi connectivity index (χ4v) is 2.92. The van der Waals surface area contributed by atoms with Crippen molar-refractivity contribution in [2.75, 3.05) is 11.4 Å². The van der Waals surface area contributed by atoms with E-state index in [4.69, 9.17) is 0 Å². The molecule has 1 aromatic carbocycles. The SMILES string of the molecule is Cc1ccc(N2CCCC(NC(=O)c3csnn3)C2=O)cc1. The molecule has 1 unspecified atom stereocenters. The summed E-state index contributed by atoms with van der Waals surface area (Å²) >= 11 is 1.11. The van der Waals surface area contributed by atoms with Gasteiger partial charge in [-0.25, -0.2) is 0 Å². The van der Waals surface area contributed by atoms with Crippen LogP contribution in [0.2, 0.25) is 0 Å². The second-order valence-corrected chi connectivity index (χ2v) is 5.89. The highest BCUT2D eigenvalue weighted by Crippen LogP contribution is 2.21. The Morgan fingerprint density at radius 2 is 2.14 bits per heavy atom. The Labute approximate surface area is 132 Å². The molecule has 0 saturated carbocycles. The number of nitrogens with one attached hydrogen (secondary N) is 1. The summed E-state index contributed by atoms with van der Waals surface area (Å²) in [6.45, 7) is 2.68. The van der Waals surface area contributed by atoms with E-state index in [9.17, 15) is 9.59 Å². The number of carbonyl (C=O) groups is 2. The van der Waals surface area contributed by atoms with Crippen LogP contribution in [-0.4, -0.2) is 34.0 Å². The van der Waals surface area contributed by atoms with Gasteiger partial charge in [-0.3, -0.25) is 9.59 Å². The van der Waals surface area contributed by atoms with Crippen molar-refractivity contribution in [1.29, 1.82) is 0 Å². The first-order chi connectivity index (χ1) is 10.6. The third-order valence-electron chi connectivity index (χ3n) is 3.68. The maximum Gasteiger partial charge on any atom is 0.273 e. The monoisotopic (exact) mass is 316 g/mol. The lowest BCUT2D eigenvalue weighted by molar-refractivity contribution is -0.121. The predicted molar refractivity (Wildman–Crippen MR) is 83.9 cm³/mol. The van der Waals surface area contributed by atoms with Gasteiger partial charge in [0.1, 0.15) is 6.04 Å². The van der Waals surface area contributed by atoms with Crippen LogP contribution in [0.1, 0.15) is 28.9 Å². The van der Waals surface area contributed by atoms with Gasteiger partial charge >= 0.3 is 0 Å². The van der Waals surface area contributed by atoms with Crippen LogP contribution in [0.3, 0.4) is 0 Å². The lowest BCUT2D eigenvalue weighted by Crippen LogP contribution is -2.52. The van der Waals surface area contributed by atoms with Gasteiger partial charge in [-0.2, -0.15) is 0 Å². The smallest absolute Gasteiger partial charge is 0.273 e. The Kier molecular flexibility index (Phi) is 4.15. The molecule has 7 heteroatoms. The van der Waals surface area contributed by atoms with Gasteiger partial charge in [0, 0.05) is 17.6 Å². The number of aryl methyl sites for hydroxylation is 1. The normalized spacial score (nSPS) is 18.3. The van der Waals surface area contributed by atoms with Crippen molar-refractivity contribution in [1.82, 2.24) is 14.9 Å². The van der Waals surface area contributed by atoms with Crippen LogP contribution in [-0.2, 0) is 4.79 Å². The van der Waals surface area contributed by atoms with Crippen molar-refractivity contribution >= 4 is 29.0 Å². The largest absolute Gasteiger partial charge is 0.339 e. The Balaban J connectivity index is 1.72. The highest BCUT2D eigenvalue weighted by molar-refractivity contribution is 7.03. The van der Waals surface area contributed by atoms with Crippen LogP contribution in [0.25, 0.3) is 0 Å². The van der Waals surface area contributed by atoms with E-state index in [1.165, 1.54) is 0 Å². The average molecular weight is 316 g/mol. The molecule has 2 amide bonds. The zero-order valence-electron chi connectivity index (χ0n) is 12.2. The molecule has 1 saturated heterocycles. The maximum atomic E-state index is 12.6. The molecule has 0 bridgehead atoms. The molecule has 1 aromatic heterocycles. The van der Waals surface area contributed by atoms with E-state index in [1.807, 2.05) is 31.2 Å². The zero-order valence-corrected chi connectivity index (χ0v) is 13.0. The van der Waals surface area contributed by atoms with Gasteiger partial charge in [0.05, 0.1) is 0 Å². The first-order valence-corrected chi connectivity index (χ1v) is 7.95. The summed E-state index contributed by atoms with van der Waals surface area (Å²) in [5.41, 5.74) is 2.27. The number of hydrogen-bond acceptors (Lipinski definition) is 5. The van der Waals surface area contributed by atoms with Crippen molar-refractivity contribution in [3.63, 3.8) is 0 Å². The predicted octanol–water partition coefficient (Wildman–Crippen LogP) is 1.77. The Morgan fingerprint density at radius 3 is 2.82 bits per heavy atom. The van der Waals surface area contributed by atoms with Crippen LogP contribution in [0.4, 0.5) is 5.69 Å². The van der Waals surface area contributed by atoms with Gasteiger partial charge in [-0.15, -0.1) is 5.10 Å². The fourth-order valence-electron chi connectivity index (χ4n) is 2.49. The van der Waals surface area contributed by atoms with Crippen molar-refractivity contribution < 1.29 is 9.59 Å². The zero-order chi connectivity index (χ0) is 15.5. The molecule has 0 spiro atoms. The Bertz CT molecular complexity index is 669. The summed E-state index contributed by atoms with van der Waals surface area (Å²) in [6, 6.07) is 7.31. The van der Waals surface area contributed by atoms with Gasteiger partial charge in [-0.05, 0) is 43.4 Å². The first-order valence-electron chi connectivity index (χ1n) is 7.11. The lowest BCUT2D eigenvalue weighted by atomic mass is 10.0. The molecule has 1 N–H and O–H groups in total. The first kappa shape index (κ1) is 14.6. The molecule has 3 rings (SSSR count). The minimum atomic E-state index is -0.510. The molecule has 2 aromatic rings. The number of anilines is 1. The number of rotatable bonds is 3. The molecule has 1 atom stereocenters. The number of benzene rings is 1. The van der Waals surface area contributed by atoms with E-state index in [1.54, 1.807) is 10.3 Å². The number of nitrogens with zero attached hydrogens (tertiary/aromatic N) is 3. The fraction of sp³-hybridized carbons (Fsp3) is 0.333. The molecule has 2 heterocycles. The third-order valence-corrected chi connectivity index (χ3v) is 4.19. The van der Waals surface area contributed by atoms with E-state index in [0.717, 1.165) is 29.2 Å². The summed E-state index contributed by atoms with van der Waals surface area (Å²) in [4.78, 5) is 26.4. The van der Waals surface area contributed by atoms with E-state index in [2.05, 4.69) is 14.9 Å². The highest BCUT2D eigenvalue weighted by atomic mass is 32.1. The molecular formula is C15H16N4O2S. The number of aromatic nitrogens is 2. The number of hydrogen-bond donors (Lipinski definition) is 1. The second kappa shape index (κ2) is 6.23. The van der Waals surface area contributed by atoms with Crippen molar-refractivity contribution in [2.45, 2.75) is 25.8 Å². The van der Waals surface area contributed by atoms with E-state index in [-0.39, 0.29) is 17.5 Å². The molecule has 1 fully saturated rings. The van der Waals surface area contributed by atoms with E-state index < -0.39 is 6.04 Å². The van der Waals surface area contributed by atoms with Gasteiger partial charge < -0.3 is 10.2 Å². The van der Waals surface area contributed by atoms with Gasteiger partial charge in [0.15, 0.2) is 5.69 Å². The molecule has 114 valence electrons. The summed E-state index contributed by atoms with van der Waals surface area (Å²) in [6.07, 6.45) is 1.49. The summed E-state index contributed by atoms with van der Waals surface area (Å²) in [5, 5.41) is 8.05. The van der Waals surface area contributed by atoms with Crippen LogP contribution < -0.4 is 10.2 Å². The topological polar surface area (TPSA) is 75.2 Å². The summed E-state index contributed by atoms with van der Waals surface area (Å²) in [5.74, 6) is -0.426. The minimum absolute atomic E-state index is 0.0772. The Hall–Kier alpha value is -2.28. The number of carbonyl (C=O) groups excluding carboxylic acids is 2. The quantitative estimate of drug-likeness (QED) is 0.936. The van der Waals surface area contributed by atoms with Crippen LogP contribution in [0.5, 0.6) is 0 Å². The maximum absolute atomic E-state index is 12.6. The summed E-state index contributed by atoms with van der Waals surface area (Å²) < 4.78 is 3.66. The van der Waals surface area contributed by atoms with Gasteiger partial charge in [-0.1, -0.05) is 22.2 Å². The van der Waals surface area contributed by atoms with Crippen molar-refractivity contribution in [3.05, 3.63) is 40.9 Å². The lowest BCUT2D eigenvalue weighted by Gasteiger charge is -2.32. The summed E-state index contributed by atoms with van der Waals surface area (Å²) in [7, 11) is 0. The standard InChI is InChI=1S/C15H16N4O2S/c1-10-4-6-11(7-5-10)19-8-2-3-12(15(19)21)16-14(20)13-9-22-18-17-13/h4-7,9,12H,2-3,8H2,1H3,(H,16,20). The molecule has 1 aliphatic heterocycles. The Morgan fingerprint density at radius 1 is 1.36 bits per heavy atom. The number of piperidine rings is 1. The highest BCUT2D eigenvalue weighted by Gasteiger charge is 2.31. The molecule has 1 aliphatic rings. The third kappa shape index (κ3) is 2.99. The van der Waals surface area contributed by atoms with E-state index in [0.29, 0.717) is 13.0 Å². The van der Waals surface area contributed by atoms with Crippen LogP contribution in [0.15, 0.2) is 29.6 Å². The van der Waals surface area contributed by atoms with E-state index >= 15 is 0 Å². The van der Waals surface area contributed by atoms with Gasteiger partial charge in [0.2, 0.25) is 5.91 Å². The number of amides is 2. The second-order valence-electron chi connectivity index (χ2n) is 5.28. The average Bonchev–Trinajstić information content (AvgIpc) is 3.05.